The molecule has 0 aliphatic carbocycles. The van der Waals surface area contributed by atoms with Gasteiger partial charge in [0, 0.05) is 6.54 Å². The van der Waals surface area contributed by atoms with Crippen LogP contribution in [-0.2, 0) is 4.43 Å². The Morgan fingerprint density at radius 2 is 1.52 bits per heavy atom. The SMILES string of the molecule is CC(C)(C)[Si](O[C@H]1CCN=C1C#N)(c1ccccc1)c1ccccc1. The van der Waals surface area contributed by atoms with Gasteiger partial charge in [0.25, 0.3) is 8.32 Å². The first kappa shape index (κ1) is 17.6. The third kappa shape index (κ3) is 3.18. The molecule has 0 aromatic heterocycles. The normalized spacial score (nSPS) is 17.8. The number of hydrogen-bond donors (Lipinski definition) is 0. The summed E-state index contributed by atoms with van der Waals surface area (Å²) in [6.45, 7) is 7.41. The number of benzene rings is 2. The fraction of sp³-hybridized carbons (Fsp3) is 0.333. The predicted octanol–water partition coefficient (Wildman–Crippen LogP) is 3.30. The Balaban J connectivity index is 2.20. The summed E-state index contributed by atoms with van der Waals surface area (Å²) in [5.74, 6) is 0. The summed E-state index contributed by atoms with van der Waals surface area (Å²) in [5.41, 5.74) is 0.535. The summed E-state index contributed by atoms with van der Waals surface area (Å²) < 4.78 is 6.92. The number of nitrogens with zero attached hydrogens (tertiary/aromatic N) is 2. The van der Waals surface area contributed by atoms with Crippen molar-refractivity contribution in [1.82, 2.24) is 0 Å². The van der Waals surface area contributed by atoms with E-state index in [9.17, 15) is 5.26 Å². The van der Waals surface area contributed by atoms with Crippen molar-refractivity contribution in [3.63, 3.8) is 0 Å². The molecule has 0 unspecified atom stereocenters. The fourth-order valence-electron chi connectivity index (χ4n) is 3.67. The lowest BCUT2D eigenvalue weighted by Gasteiger charge is -2.44. The maximum atomic E-state index is 9.43. The molecule has 25 heavy (non-hydrogen) atoms. The van der Waals surface area contributed by atoms with Crippen LogP contribution in [0, 0.1) is 11.3 Å². The van der Waals surface area contributed by atoms with Crippen molar-refractivity contribution < 1.29 is 4.43 Å². The van der Waals surface area contributed by atoms with Gasteiger partial charge in [-0.3, -0.25) is 4.99 Å². The zero-order valence-electron chi connectivity index (χ0n) is 15.1. The van der Waals surface area contributed by atoms with Gasteiger partial charge in [-0.15, -0.1) is 0 Å². The van der Waals surface area contributed by atoms with Crippen molar-refractivity contribution in [1.29, 1.82) is 5.26 Å². The van der Waals surface area contributed by atoms with Gasteiger partial charge in [0.15, 0.2) is 0 Å². The lowest BCUT2D eigenvalue weighted by atomic mass is 10.2. The number of nitriles is 1. The van der Waals surface area contributed by atoms with E-state index in [-0.39, 0.29) is 11.1 Å². The molecule has 1 atom stereocenters. The average molecular weight is 349 g/mol. The first-order chi connectivity index (χ1) is 12.0. The lowest BCUT2D eigenvalue weighted by molar-refractivity contribution is 0.252. The number of hydrogen-bond acceptors (Lipinski definition) is 3. The van der Waals surface area contributed by atoms with Crippen LogP contribution in [0.2, 0.25) is 5.04 Å². The molecule has 0 saturated carbocycles. The lowest BCUT2D eigenvalue weighted by Crippen LogP contribution is -2.68. The zero-order chi connectivity index (χ0) is 17.9. The quantitative estimate of drug-likeness (QED) is 0.796. The molecule has 128 valence electrons. The van der Waals surface area contributed by atoms with Crippen LogP contribution in [-0.4, -0.2) is 26.7 Å². The van der Waals surface area contributed by atoms with Gasteiger partial charge in [0.1, 0.15) is 11.8 Å². The molecule has 0 radical (unpaired) electrons. The minimum atomic E-state index is -2.60. The van der Waals surface area contributed by atoms with Crippen molar-refractivity contribution in [3.8, 4) is 6.07 Å². The molecule has 0 saturated heterocycles. The summed E-state index contributed by atoms with van der Waals surface area (Å²) in [5, 5.41) is 11.8. The van der Waals surface area contributed by atoms with Gasteiger partial charge in [0.2, 0.25) is 0 Å². The van der Waals surface area contributed by atoms with Crippen LogP contribution < -0.4 is 10.4 Å². The molecule has 1 aliphatic heterocycles. The molecule has 2 aromatic rings. The molecule has 4 heteroatoms. The summed E-state index contributed by atoms with van der Waals surface area (Å²) in [6.07, 6.45) is 0.573. The van der Waals surface area contributed by atoms with Crippen molar-refractivity contribution in [2.45, 2.75) is 38.3 Å². The van der Waals surface area contributed by atoms with Crippen LogP contribution in [0.25, 0.3) is 0 Å². The summed E-state index contributed by atoms with van der Waals surface area (Å²) in [6, 6.07) is 23.3. The van der Waals surface area contributed by atoms with Gasteiger partial charge < -0.3 is 4.43 Å². The van der Waals surface area contributed by atoms with E-state index in [0.29, 0.717) is 12.3 Å². The molecule has 0 bridgehead atoms. The molecule has 0 fully saturated rings. The highest BCUT2D eigenvalue weighted by Gasteiger charge is 2.52. The Morgan fingerprint density at radius 1 is 1.00 bits per heavy atom. The van der Waals surface area contributed by atoms with Crippen LogP contribution in [0.5, 0.6) is 0 Å². The first-order valence-corrected chi connectivity index (χ1v) is 10.6. The summed E-state index contributed by atoms with van der Waals surface area (Å²) in [7, 11) is -2.60. The van der Waals surface area contributed by atoms with E-state index in [1.54, 1.807) is 0 Å². The van der Waals surface area contributed by atoms with Crippen molar-refractivity contribution in [3.05, 3.63) is 60.7 Å². The summed E-state index contributed by atoms with van der Waals surface area (Å²) >= 11 is 0. The Kier molecular flexibility index (Phi) is 4.89. The zero-order valence-corrected chi connectivity index (χ0v) is 16.1. The van der Waals surface area contributed by atoms with Crippen molar-refractivity contribution >= 4 is 24.4 Å². The van der Waals surface area contributed by atoms with Gasteiger partial charge in [-0.25, -0.2) is 0 Å². The van der Waals surface area contributed by atoms with Crippen LogP contribution >= 0.6 is 0 Å². The van der Waals surface area contributed by atoms with Crippen LogP contribution in [0.3, 0.4) is 0 Å². The van der Waals surface area contributed by atoms with Gasteiger partial charge >= 0.3 is 0 Å². The number of aliphatic imine (C=N–C) groups is 1. The molecule has 0 N–H and O–H groups in total. The average Bonchev–Trinajstić information content (AvgIpc) is 3.07. The monoisotopic (exact) mass is 348 g/mol. The van der Waals surface area contributed by atoms with Crippen LogP contribution in [0.4, 0.5) is 0 Å². The van der Waals surface area contributed by atoms with Gasteiger partial charge in [0.05, 0.1) is 6.10 Å². The molecule has 0 spiro atoms. The molecule has 3 rings (SSSR count). The maximum Gasteiger partial charge on any atom is 0.262 e. The molecular formula is C21H24N2OSi. The van der Waals surface area contributed by atoms with Gasteiger partial charge in [-0.05, 0) is 21.8 Å². The minimum absolute atomic E-state index is 0.0845. The van der Waals surface area contributed by atoms with Crippen molar-refractivity contribution in [2.75, 3.05) is 6.54 Å². The first-order valence-electron chi connectivity index (χ1n) is 8.72. The maximum absolute atomic E-state index is 9.43. The molecule has 1 aliphatic rings. The Bertz CT molecular complexity index is 749. The Morgan fingerprint density at radius 3 is 1.96 bits per heavy atom. The standard InChI is InChI=1S/C21H24N2OSi/c1-21(2,3)25(17-10-6-4-7-11-17,18-12-8-5-9-13-18)24-20-14-15-23-19(20)16-22/h4-13,20H,14-15H2,1-3H3/t20-/m0/s1. The molecular weight excluding hydrogens is 324 g/mol. The highest BCUT2D eigenvalue weighted by Crippen LogP contribution is 2.38. The second kappa shape index (κ2) is 6.95. The Labute approximate surface area is 151 Å². The molecule has 2 aromatic carbocycles. The van der Waals surface area contributed by atoms with Crippen molar-refractivity contribution in [2.24, 2.45) is 4.99 Å². The van der Waals surface area contributed by atoms with E-state index in [4.69, 9.17) is 4.43 Å². The van der Waals surface area contributed by atoms with E-state index in [2.05, 4.69) is 80.4 Å². The molecule has 1 heterocycles. The van der Waals surface area contributed by atoms with E-state index < -0.39 is 8.32 Å². The second-order valence-corrected chi connectivity index (χ2v) is 11.7. The third-order valence-electron chi connectivity index (χ3n) is 4.83. The van der Waals surface area contributed by atoms with E-state index >= 15 is 0 Å². The van der Waals surface area contributed by atoms with E-state index in [0.717, 1.165) is 6.42 Å². The highest BCUT2D eigenvalue weighted by molar-refractivity contribution is 6.99. The topological polar surface area (TPSA) is 45.4 Å². The fourth-order valence-corrected chi connectivity index (χ4v) is 8.34. The van der Waals surface area contributed by atoms with Gasteiger partial charge in [-0.2, -0.15) is 5.26 Å². The van der Waals surface area contributed by atoms with Crippen LogP contribution in [0.15, 0.2) is 65.7 Å². The van der Waals surface area contributed by atoms with E-state index in [1.165, 1.54) is 10.4 Å². The summed E-state index contributed by atoms with van der Waals surface area (Å²) in [4.78, 5) is 4.34. The minimum Gasteiger partial charge on any atom is -0.398 e. The second-order valence-electron chi connectivity index (χ2n) is 7.44. The van der Waals surface area contributed by atoms with E-state index in [1.807, 2.05) is 12.1 Å². The van der Waals surface area contributed by atoms with Gasteiger partial charge in [-0.1, -0.05) is 81.4 Å². The third-order valence-corrected chi connectivity index (χ3v) is 9.87. The largest absolute Gasteiger partial charge is 0.398 e. The molecule has 0 amide bonds. The predicted molar refractivity (Wildman–Crippen MR) is 105 cm³/mol. The Hall–Kier alpha value is -2.22. The highest BCUT2D eigenvalue weighted by atomic mass is 28.4. The van der Waals surface area contributed by atoms with Crippen LogP contribution in [0.1, 0.15) is 27.2 Å². The number of rotatable bonds is 4. The molecule has 3 nitrogen and oxygen atoms in total. The smallest absolute Gasteiger partial charge is 0.262 e.